The molecule has 2 rings (SSSR count). The lowest BCUT2D eigenvalue weighted by Gasteiger charge is -2.04. The van der Waals surface area contributed by atoms with Crippen LogP contribution in [0.1, 0.15) is 36.3 Å². The summed E-state index contributed by atoms with van der Waals surface area (Å²) < 4.78 is 0. The molecule has 0 radical (unpaired) electrons. The highest BCUT2D eigenvalue weighted by Gasteiger charge is 2.04. The summed E-state index contributed by atoms with van der Waals surface area (Å²) in [7, 11) is 0. The number of nitrogens with zero attached hydrogens (tertiary/aromatic N) is 1. The average Bonchev–Trinajstić information content (AvgIpc) is 2.90. The Hall–Kier alpha value is -0.670. The minimum Gasteiger partial charge on any atom is -0.316 e. The van der Waals surface area contributed by atoms with Crippen LogP contribution in [0, 0.1) is 6.92 Å². The van der Waals surface area contributed by atoms with E-state index in [1.165, 1.54) is 36.3 Å². The number of aromatic nitrogens is 1. The largest absolute Gasteiger partial charge is 0.316 e. The minimum absolute atomic E-state index is 1.08. The Kier molecular flexibility index (Phi) is 4.55. The number of thiazole rings is 1. The van der Waals surface area contributed by atoms with E-state index in [0.717, 1.165) is 19.5 Å². The van der Waals surface area contributed by atoms with Crippen molar-refractivity contribution in [3.63, 3.8) is 0 Å². The van der Waals surface area contributed by atoms with Gasteiger partial charge in [0.1, 0.15) is 0 Å². The maximum Gasteiger partial charge on any atom is 0.0797 e. The first-order valence-electron chi connectivity index (χ1n) is 6.14. The van der Waals surface area contributed by atoms with Crippen molar-refractivity contribution in [2.75, 3.05) is 13.1 Å². The van der Waals surface area contributed by atoms with Gasteiger partial charge in [-0.25, -0.2) is 4.98 Å². The zero-order chi connectivity index (χ0) is 11.2. The minimum atomic E-state index is 1.08. The third kappa shape index (κ3) is 3.42. The van der Waals surface area contributed by atoms with Crippen molar-refractivity contribution in [2.45, 2.75) is 39.0 Å². The van der Waals surface area contributed by atoms with Crippen LogP contribution in [-0.2, 0) is 6.42 Å². The fraction of sp³-hybridized carbons (Fsp3) is 0.615. The van der Waals surface area contributed by atoms with Gasteiger partial charge in [-0.15, -0.1) is 11.3 Å². The van der Waals surface area contributed by atoms with E-state index in [0.29, 0.717) is 0 Å². The molecule has 2 nitrogen and oxygen atoms in total. The van der Waals surface area contributed by atoms with E-state index in [4.69, 9.17) is 0 Å². The number of rotatable bonds is 6. The molecule has 1 heterocycles. The summed E-state index contributed by atoms with van der Waals surface area (Å²) in [5, 5.41) is 3.52. The first-order valence-corrected chi connectivity index (χ1v) is 7.02. The van der Waals surface area contributed by atoms with Crippen LogP contribution in [0.25, 0.3) is 0 Å². The van der Waals surface area contributed by atoms with Crippen LogP contribution in [0.2, 0.25) is 0 Å². The van der Waals surface area contributed by atoms with Crippen molar-refractivity contribution in [1.29, 1.82) is 0 Å². The van der Waals surface area contributed by atoms with Crippen molar-refractivity contribution in [3.05, 3.63) is 27.7 Å². The average molecular weight is 236 g/mol. The third-order valence-electron chi connectivity index (χ3n) is 3.13. The molecule has 3 heteroatoms. The van der Waals surface area contributed by atoms with Gasteiger partial charge in [-0.2, -0.15) is 0 Å². The van der Waals surface area contributed by atoms with Crippen molar-refractivity contribution in [3.8, 4) is 0 Å². The quantitative estimate of drug-likeness (QED) is 0.606. The number of hydrogen-bond donors (Lipinski definition) is 1. The molecular formula is C13H20N2S. The summed E-state index contributed by atoms with van der Waals surface area (Å²) in [6.45, 7) is 4.30. The van der Waals surface area contributed by atoms with Crippen molar-refractivity contribution >= 4 is 11.3 Å². The van der Waals surface area contributed by atoms with Crippen LogP contribution in [0.15, 0.2) is 17.2 Å². The Bertz CT molecular complexity index is 355. The molecule has 0 saturated heterocycles. The normalized spacial score (nSPS) is 15.4. The predicted octanol–water partition coefficient (Wildman–Crippen LogP) is 3.08. The highest BCUT2D eigenvalue weighted by atomic mass is 32.1. The summed E-state index contributed by atoms with van der Waals surface area (Å²) in [5.41, 5.74) is 4.79. The molecule has 0 fully saturated rings. The van der Waals surface area contributed by atoms with Gasteiger partial charge >= 0.3 is 0 Å². The lowest BCUT2D eigenvalue weighted by Crippen LogP contribution is -2.18. The smallest absolute Gasteiger partial charge is 0.0797 e. The molecule has 0 saturated carbocycles. The van der Waals surface area contributed by atoms with Crippen molar-refractivity contribution in [1.82, 2.24) is 10.3 Å². The van der Waals surface area contributed by atoms with Crippen LogP contribution in [0.5, 0.6) is 0 Å². The highest BCUT2D eigenvalue weighted by molar-refractivity contribution is 7.09. The van der Waals surface area contributed by atoms with E-state index in [9.17, 15) is 0 Å². The van der Waals surface area contributed by atoms with E-state index in [2.05, 4.69) is 23.3 Å². The lowest BCUT2D eigenvalue weighted by molar-refractivity contribution is 0.673. The standard InChI is InChI=1S/C13H20N2S/c1-11-13(16-10-15-11)7-9-14-8-6-12-4-2-3-5-12/h4,10,14H,2-3,5-9H2,1H3. The fourth-order valence-corrected chi connectivity index (χ4v) is 2.89. The lowest BCUT2D eigenvalue weighted by atomic mass is 10.2. The number of allylic oxidation sites excluding steroid dienone is 1. The van der Waals surface area contributed by atoms with Gasteiger partial charge in [0.05, 0.1) is 11.2 Å². The van der Waals surface area contributed by atoms with E-state index >= 15 is 0 Å². The van der Waals surface area contributed by atoms with Gasteiger partial charge in [-0.05, 0) is 45.6 Å². The van der Waals surface area contributed by atoms with E-state index < -0.39 is 0 Å². The first kappa shape index (κ1) is 11.8. The molecule has 1 aliphatic carbocycles. The van der Waals surface area contributed by atoms with Gasteiger partial charge in [-0.3, -0.25) is 0 Å². The second-order valence-electron chi connectivity index (χ2n) is 4.37. The van der Waals surface area contributed by atoms with Gasteiger partial charge in [0.2, 0.25) is 0 Å². The summed E-state index contributed by atoms with van der Waals surface area (Å²) in [5.74, 6) is 0. The molecule has 0 amide bonds. The van der Waals surface area contributed by atoms with Gasteiger partial charge in [0.25, 0.3) is 0 Å². The monoisotopic (exact) mass is 236 g/mol. The van der Waals surface area contributed by atoms with Crippen LogP contribution in [-0.4, -0.2) is 18.1 Å². The Labute approximate surface area is 102 Å². The maximum absolute atomic E-state index is 4.26. The van der Waals surface area contributed by atoms with Gasteiger partial charge in [-0.1, -0.05) is 11.6 Å². The van der Waals surface area contributed by atoms with Crippen molar-refractivity contribution in [2.24, 2.45) is 0 Å². The topological polar surface area (TPSA) is 24.9 Å². The molecule has 88 valence electrons. The number of aryl methyl sites for hydroxylation is 1. The zero-order valence-electron chi connectivity index (χ0n) is 9.96. The Morgan fingerprint density at radius 2 is 2.25 bits per heavy atom. The van der Waals surface area contributed by atoms with E-state index in [-0.39, 0.29) is 0 Å². The maximum atomic E-state index is 4.26. The SMILES string of the molecule is Cc1ncsc1CCNCCC1=CCCC1. The first-order chi connectivity index (χ1) is 7.86. The summed E-state index contributed by atoms with van der Waals surface area (Å²) in [4.78, 5) is 5.68. The fourth-order valence-electron chi connectivity index (χ4n) is 2.11. The molecule has 1 aromatic heterocycles. The molecule has 1 aliphatic rings. The van der Waals surface area contributed by atoms with E-state index in [1.54, 1.807) is 16.9 Å². The molecular weight excluding hydrogens is 216 g/mol. The van der Waals surface area contributed by atoms with E-state index in [1.807, 2.05) is 5.51 Å². The van der Waals surface area contributed by atoms with Crippen LogP contribution >= 0.6 is 11.3 Å². The van der Waals surface area contributed by atoms with Crippen LogP contribution in [0.3, 0.4) is 0 Å². The molecule has 0 spiro atoms. The Morgan fingerprint density at radius 3 is 2.94 bits per heavy atom. The molecule has 1 N–H and O–H groups in total. The number of nitrogens with one attached hydrogen (secondary N) is 1. The third-order valence-corrected chi connectivity index (χ3v) is 4.13. The number of hydrogen-bond acceptors (Lipinski definition) is 3. The Morgan fingerprint density at radius 1 is 1.38 bits per heavy atom. The predicted molar refractivity (Wildman–Crippen MR) is 70.0 cm³/mol. The summed E-state index contributed by atoms with van der Waals surface area (Å²) >= 11 is 1.77. The molecule has 1 aromatic rings. The molecule has 16 heavy (non-hydrogen) atoms. The molecule has 0 aromatic carbocycles. The molecule has 0 bridgehead atoms. The van der Waals surface area contributed by atoms with Gasteiger partial charge in [0.15, 0.2) is 0 Å². The second kappa shape index (κ2) is 6.16. The molecule has 0 atom stereocenters. The second-order valence-corrected chi connectivity index (χ2v) is 5.30. The summed E-state index contributed by atoms with van der Waals surface area (Å²) in [6, 6.07) is 0. The van der Waals surface area contributed by atoms with Gasteiger partial charge in [0, 0.05) is 11.4 Å². The van der Waals surface area contributed by atoms with Gasteiger partial charge < -0.3 is 5.32 Å². The highest BCUT2D eigenvalue weighted by Crippen LogP contribution is 2.19. The molecule has 0 unspecified atom stereocenters. The van der Waals surface area contributed by atoms with Crippen molar-refractivity contribution < 1.29 is 0 Å². The van der Waals surface area contributed by atoms with Crippen LogP contribution in [0.4, 0.5) is 0 Å². The summed E-state index contributed by atoms with van der Waals surface area (Å²) in [6.07, 6.45) is 8.77. The Balaban J connectivity index is 1.57. The molecule has 0 aliphatic heterocycles. The van der Waals surface area contributed by atoms with Crippen LogP contribution < -0.4 is 5.32 Å². The zero-order valence-corrected chi connectivity index (χ0v) is 10.8.